The van der Waals surface area contributed by atoms with Gasteiger partial charge < -0.3 is 9.84 Å². The van der Waals surface area contributed by atoms with Gasteiger partial charge in [0.15, 0.2) is 0 Å². The molecule has 1 saturated heterocycles. The van der Waals surface area contributed by atoms with E-state index in [9.17, 15) is 9.59 Å². The number of aryl methyl sites for hydroxylation is 2. The molecule has 10 heteroatoms. The maximum atomic E-state index is 12.2. The van der Waals surface area contributed by atoms with E-state index in [1.54, 1.807) is 55.1 Å². The van der Waals surface area contributed by atoms with Gasteiger partial charge in [-0.25, -0.2) is 4.79 Å². The zero-order chi connectivity index (χ0) is 20.8. The second kappa shape index (κ2) is 6.85. The highest BCUT2D eigenvalue weighted by Crippen LogP contribution is 2.28. The lowest BCUT2D eigenvalue weighted by Gasteiger charge is -2.21. The summed E-state index contributed by atoms with van der Waals surface area (Å²) in [5.41, 5.74) is 1.65. The molecule has 1 fully saturated rings. The van der Waals surface area contributed by atoms with E-state index < -0.39 is 17.5 Å². The van der Waals surface area contributed by atoms with Gasteiger partial charge in [0.1, 0.15) is 10.7 Å². The van der Waals surface area contributed by atoms with Crippen molar-refractivity contribution in [2.45, 2.75) is 19.4 Å². The van der Waals surface area contributed by atoms with Gasteiger partial charge in [-0.15, -0.1) is 0 Å². The minimum atomic E-state index is -1.16. The molecule has 3 amide bonds. The van der Waals surface area contributed by atoms with Crippen LogP contribution in [0.25, 0.3) is 23.5 Å². The van der Waals surface area contributed by atoms with Crippen molar-refractivity contribution >= 4 is 35.7 Å². The van der Waals surface area contributed by atoms with Crippen LogP contribution in [0.15, 0.2) is 28.8 Å². The van der Waals surface area contributed by atoms with Crippen LogP contribution in [0.5, 0.6) is 0 Å². The van der Waals surface area contributed by atoms with E-state index in [2.05, 4.69) is 25.9 Å². The lowest BCUT2D eigenvalue weighted by atomic mass is 9.91. The summed E-state index contributed by atoms with van der Waals surface area (Å²) < 4.78 is 6.87. The van der Waals surface area contributed by atoms with Gasteiger partial charge in [0, 0.05) is 24.3 Å². The van der Waals surface area contributed by atoms with E-state index in [0.717, 1.165) is 11.3 Å². The van der Waals surface area contributed by atoms with Gasteiger partial charge in [-0.05, 0) is 31.6 Å². The van der Waals surface area contributed by atoms with Crippen molar-refractivity contribution in [3.05, 3.63) is 52.1 Å². The fourth-order valence-corrected chi connectivity index (χ4v) is 3.36. The van der Waals surface area contributed by atoms with Crippen LogP contribution in [0, 0.1) is 6.92 Å². The molecule has 1 aliphatic heterocycles. The smallest absolute Gasteiger partial charge is 0.322 e. The first kappa shape index (κ1) is 18.9. The first-order valence-corrected chi connectivity index (χ1v) is 9.11. The number of carbonyl (C=O) groups is 2. The summed E-state index contributed by atoms with van der Waals surface area (Å²) >= 11 is 6.22. The van der Waals surface area contributed by atoms with Crippen molar-refractivity contribution in [2.24, 2.45) is 7.05 Å². The van der Waals surface area contributed by atoms with Gasteiger partial charge in [0.25, 0.3) is 11.8 Å². The van der Waals surface area contributed by atoms with Gasteiger partial charge >= 0.3 is 6.03 Å². The molecule has 1 unspecified atom stereocenters. The highest BCUT2D eigenvalue weighted by molar-refractivity contribution is 6.31. The van der Waals surface area contributed by atoms with E-state index in [-0.39, 0.29) is 0 Å². The molecule has 29 heavy (non-hydrogen) atoms. The van der Waals surface area contributed by atoms with E-state index in [0.29, 0.717) is 28.0 Å². The number of hydrogen-bond donors (Lipinski definition) is 2. The Balaban J connectivity index is 1.61. The Kier molecular flexibility index (Phi) is 4.46. The first-order valence-electron chi connectivity index (χ1n) is 8.73. The van der Waals surface area contributed by atoms with E-state index in [1.807, 2.05) is 6.92 Å². The van der Waals surface area contributed by atoms with E-state index in [1.165, 1.54) is 0 Å². The molecule has 4 rings (SSSR count). The maximum Gasteiger partial charge on any atom is 0.322 e. The largest absolute Gasteiger partial charge is 0.334 e. The summed E-state index contributed by atoms with van der Waals surface area (Å²) in [6.45, 7) is 3.49. The number of amides is 3. The molecule has 9 nitrogen and oxygen atoms in total. The molecule has 3 aromatic rings. The average molecular weight is 413 g/mol. The third kappa shape index (κ3) is 3.29. The standard InChI is InChI=1S/C19H17ClN6O3/c1-10-13(15(20)26(3)24-10)7-8-14-21-16(25-29-14)11-5-4-6-12(9-11)19(2)17(27)22-18(28)23-19/h4-9H,1-3H3,(H2,22,23,27,28)/b8-7+. The Morgan fingerprint density at radius 3 is 2.72 bits per heavy atom. The van der Waals surface area contributed by atoms with Crippen molar-refractivity contribution in [3.8, 4) is 11.4 Å². The monoisotopic (exact) mass is 412 g/mol. The Hall–Kier alpha value is -3.46. The molecule has 3 heterocycles. The summed E-state index contributed by atoms with van der Waals surface area (Å²) in [6.07, 6.45) is 3.42. The molecule has 2 N–H and O–H groups in total. The number of halogens is 1. The SMILES string of the molecule is Cc1nn(C)c(Cl)c1/C=C/c1nc(-c2cccc(C3(C)NC(=O)NC3=O)c2)no1. The first-order chi connectivity index (χ1) is 13.8. The number of imide groups is 1. The molecule has 1 atom stereocenters. The number of nitrogens with zero attached hydrogens (tertiary/aromatic N) is 4. The third-order valence-corrected chi connectivity index (χ3v) is 5.22. The molecular weight excluding hydrogens is 396 g/mol. The Labute approximate surface area is 170 Å². The van der Waals surface area contributed by atoms with Crippen molar-refractivity contribution in [1.82, 2.24) is 30.6 Å². The summed E-state index contributed by atoms with van der Waals surface area (Å²) in [7, 11) is 1.76. The van der Waals surface area contributed by atoms with Gasteiger partial charge in [-0.1, -0.05) is 35.0 Å². The van der Waals surface area contributed by atoms with Crippen LogP contribution >= 0.6 is 11.6 Å². The predicted molar refractivity (Wildman–Crippen MR) is 106 cm³/mol. The van der Waals surface area contributed by atoms with Crippen LogP contribution in [-0.4, -0.2) is 31.9 Å². The summed E-state index contributed by atoms with van der Waals surface area (Å²) in [5, 5.41) is 13.6. The fraction of sp³-hybridized carbons (Fsp3) is 0.211. The van der Waals surface area contributed by atoms with Crippen molar-refractivity contribution in [1.29, 1.82) is 0 Å². The number of aromatic nitrogens is 4. The minimum absolute atomic E-state index is 0.294. The highest BCUT2D eigenvalue weighted by atomic mass is 35.5. The molecule has 1 aliphatic rings. The number of carbonyl (C=O) groups excluding carboxylic acids is 2. The fourth-order valence-electron chi connectivity index (χ4n) is 3.13. The second-order valence-corrected chi connectivity index (χ2v) is 7.18. The van der Waals surface area contributed by atoms with Crippen LogP contribution in [0.4, 0.5) is 4.79 Å². The maximum absolute atomic E-state index is 12.2. The van der Waals surface area contributed by atoms with Crippen molar-refractivity contribution in [2.75, 3.05) is 0 Å². The summed E-state index contributed by atoms with van der Waals surface area (Å²) in [6, 6.07) is 6.52. The predicted octanol–water partition coefficient (Wildman–Crippen LogP) is 2.66. The van der Waals surface area contributed by atoms with E-state index >= 15 is 0 Å². The normalized spacial score (nSPS) is 19.0. The van der Waals surface area contributed by atoms with Crippen LogP contribution in [0.1, 0.15) is 29.6 Å². The summed E-state index contributed by atoms with van der Waals surface area (Å²) in [4.78, 5) is 28.1. The van der Waals surface area contributed by atoms with Crippen LogP contribution in [0.2, 0.25) is 5.15 Å². The van der Waals surface area contributed by atoms with Gasteiger partial charge in [-0.3, -0.25) is 14.8 Å². The topological polar surface area (TPSA) is 115 Å². The van der Waals surface area contributed by atoms with Crippen molar-refractivity contribution < 1.29 is 14.1 Å². The zero-order valence-electron chi connectivity index (χ0n) is 15.9. The molecule has 0 saturated carbocycles. The molecule has 1 aromatic carbocycles. The number of benzene rings is 1. The van der Waals surface area contributed by atoms with Crippen LogP contribution in [-0.2, 0) is 17.4 Å². The average Bonchev–Trinajstić information content (AvgIpc) is 3.32. The molecule has 148 valence electrons. The second-order valence-electron chi connectivity index (χ2n) is 6.82. The molecule has 0 radical (unpaired) electrons. The quantitative estimate of drug-likeness (QED) is 0.636. The molecule has 2 aromatic heterocycles. The van der Waals surface area contributed by atoms with E-state index in [4.69, 9.17) is 16.1 Å². The molecule has 0 spiro atoms. The minimum Gasteiger partial charge on any atom is -0.334 e. The lowest BCUT2D eigenvalue weighted by Crippen LogP contribution is -2.40. The third-order valence-electron chi connectivity index (χ3n) is 4.77. The number of urea groups is 1. The van der Waals surface area contributed by atoms with Gasteiger partial charge in [0.2, 0.25) is 5.82 Å². The van der Waals surface area contributed by atoms with Gasteiger partial charge in [-0.2, -0.15) is 10.1 Å². The van der Waals surface area contributed by atoms with Crippen molar-refractivity contribution in [3.63, 3.8) is 0 Å². The highest BCUT2D eigenvalue weighted by Gasteiger charge is 2.43. The van der Waals surface area contributed by atoms with Crippen LogP contribution in [0.3, 0.4) is 0 Å². The number of hydrogen-bond acceptors (Lipinski definition) is 6. The zero-order valence-corrected chi connectivity index (χ0v) is 16.6. The number of rotatable bonds is 4. The Morgan fingerprint density at radius 1 is 1.28 bits per heavy atom. The molecule has 0 aliphatic carbocycles. The Bertz CT molecular complexity index is 1160. The molecule has 0 bridgehead atoms. The molecular formula is C19H17ClN6O3. The Morgan fingerprint density at radius 2 is 2.07 bits per heavy atom. The van der Waals surface area contributed by atoms with Gasteiger partial charge in [0.05, 0.1) is 5.69 Å². The summed E-state index contributed by atoms with van der Waals surface area (Å²) in [5.74, 6) is 0.233. The number of nitrogens with one attached hydrogen (secondary N) is 2. The lowest BCUT2D eigenvalue weighted by molar-refractivity contribution is -0.123. The van der Waals surface area contributed by atoms with Crippen LogP contribution < -0.4 is 10.6 Å².